The van der Waals surface area contributed by atoms with E-state index in [2.05, 4.69) is 44.0 Å². The highest BCUT2D eigenvalue weighted by Gasteiger charge is 2.18. The van der Waals surface area contributed by atoms with Crippen LogP contribution in [-0.4, -0.2) is 7.05 Å². The van der Waals surface area contributed by atoms with E-state index in [0.29, 0.717) is 6.04 Å². The SMILES string of the molecule is CNC(CC#CC(C)(C)C)c1cc2c(s1)CCC2. The maximum absolute atomic E-state index is 3.40. The number of nitrogens with one attached hydrogen (secondary N) is 1. The molecule has 98 valence electrons. The summed E-state index contributed by atoms with van der Waals surface area (Å²) in [5.74, 6) is 6.65. The van der Waals surface area contributed by atoms with Crippen molar-refractivity contribution in [3.8, 4) is 11.8 Å². The highest BCUT2D eigenvalue weighted by molar-refractivity contribution is 7.12. The molecule has 18 heavy (non-hydrogen) atoms. The number of hydrogen-bond acceptors (Lipinski definition) is 2. The van der Waals surface area contributed by atoms with Crippen LogP contribution in [0.15, 0.2) is 6.07 Å². The van der Waals surface area contributed by atoms with Crippen molar-refractivity contribution in [1.29, 1.82) is 0 Å². The van der Waals surface area contributed by atoms with Gasteiger partial charge in [0.05, 0.1) is 6.04 Å². The molecule has 0 aliphatic heterocycles. The number of fused-ring (bicyclic) bond motifs is 1. The Balaban J connectivity index is 2.06. The Labute approximate surface area is 115 Å². The van der Waals surface area contributed by atoms with E-state index in [4.69, 9.17) is 0 Å². The zero-order valence-electron chi connectivity index (χ0n) is 11.9. The van der Waals surface area contributed by atoms with E-state index in [1.54, 1.807) is 10.4 Å². The summed E-state index contributed by atoms with van der Waals surface area (Å²) in [5, 5.41) is 3.40. The van der Waals surface area contributed by atoms with Gasteiger partial charge >= 0.3 is 0 Å². The van der Waals surface area contributed by atoms with Crippen molar-refractivity contribution in [1.82, 2.24) is 5.32 Å². The Hall–Kier alpha value is -0.780. The molecular formula is C16H23NS. The first-order valence-corrected chi connectivity index (χ1v) is 7.60. The molecule has 1 aliphatic rings. The van der Waals surface area contributed by atoms with Gasteiger partial charge in [0.25, 0.3) is 0 Å². The largest absolute Gasteiger partial charge is 0.312 e. The summed E-state index contributed by atoms with van der Waals surface area (Å²) in [5.41, 5.74) is 1.69. The van der Waals surface area contributed by atoms with Gasteiger partial charge in [0.15, 0.2) is 0 Å². The Kier molecular flexibility index (Phi) is 4.14. The van der Waals surface area contributed by atoms with Gasteiger partial charge in [-0.3, -0.25) is 0 Å². The van der Waals surface area contributed by atoms with Gasteiger partial charge < -0.3 is 5.32 Å². The van der Waals surface area contributed by atoms with E-state index in [0.717, 1.165) is 6.42 Å². The monoisotopic (exact) mass is 261 g/mol. The fraction of sp³-hybridized carbons (Fsp3) is 0.625. The third-order valence-corrected chi connectivity index (χ3v) is 4.58. The summed E-state index contributed by atoms with van der Waals surface area (Å²) in [7, 11) is 2.04. The Morgan fingerprint density at radius 1 is 1.39 bits per heavy atom. The van der Waals surface area contributed by atoms with Gasteiger partial charge in [-0.25, -0.2) is 0 Å². The van der Waals surface area contributed by atoms with E-state index in [9.17, 15) is 0 Å². The summed E-state index contributed by atoms with van der Waals surface area (Å²) in [6.45, 7) is 6.48. The van der Waals surface area contributed by atoms with Gasteiger partial charge in [0.2, 0.25) is 0 Å². The van der Waals surface area contributed by atoms with Crippen LogP contribution >= 0.6 is 11.3 Å². The second kappa shape index (κ2) is 5.47. The molecular weight excluding hydrogens is 238 g/mol. The van der Waals surface area contributed by atoms with Crippen LogP contribution in [0, 0.1) is 17.3 Å². The van der Waals surface area contributed by atoms with Crippen molar-refractivity contribution in [3.05, 3.63) is 21.4 Å². The van der Waals surface area contributed by atoms with E-state index in [1.165, 1.54) is 24.1 Å². The first-order chi connectivity index (χ1) is 8.49. The Morgan fingerprint density at radius 2 is 2.17 bits per heavy atom. The average Bonchev–Trinajstić information content (AvgIpc) is 2.82. The minimum atomic E-state index is 0.107. The minimum absolute atomic E-state index is 0.107. The van der Waals surface area contributed by atoms with Crippen LogP contribution in [-0.2, 0) is 12.8 Å². The fourth-order valence-electron chi connectivity index (χ4n) is 2.29. The smallest absolute Gasteiger partial charge is 0.0523 e. The summed E-state index contributed by atoms with van der Waals surface area (Å²) in [6, 6.07) is 2.79. The molecule has 1 aliphatic carbocycles. The quantitative estimate of drug-likeness (QED) is 0.813. The summed E-state index contributed by atoms with van der Waals surface area (Å²) < 4.78 is 0. The van der Waals surface area contributed by atoms with E-state index in [-0.39, 0.29) is 5.41 Å². The number of rotatable bonds is 3. The maximum atomic E-state index is 3.40. The van der Waals surface area contributed by atoms with Crippen LogP contribution in [0.5, 0.6) is 0 Å². The average molecular weight is 261 g/mol. The lowest BCUT2D eigenvalue weighted by molar-refractivity contribution is 0.567. The minimum Gasteiger partial charge on any atom is -0.312 e. The number of aryl methyl sites for hydroxylation is 2. The van der Waals surface area contributed by atoms with Crippen LogP contribution in [0.2, 0.25) is 0 Å². The van der Waals surface area contributed by atoms with Crippen molar-refractivity contribution in [2.24, 2.45) is 5.41 Å². The van der Waals surface area contributed by atoms with E-state index < -0.39 is 0 Å². The first kappa shape index (κ1) is 13.6. The van der Waals surface area contributed by atoms with Crippen LogP contribution in [0.25, 0.3) is 0 Å². The number of thiophene rings is 1. The molecule has 0 bridgehead atoms. The molecule has 1 atom stereocenters. The third kappa shape index (κ3) is 3.37. The molecule has 0 amide bonds. The molecule has 1 unspecified atom stereocenters. The van der Waals surface area contributed by atoms with Gasteiger partial charge in [0, 0.05) is 21.6 Å². The first-order valence-electron chi connectivity index (χ1n) is 6.78. The standard InChI is InChI=1S/C16H23NS/c1-16(2,3)10-6-8-13(17-4)15-11-12-7-5-9-14(12)18-15/h11,13,17H,5,7-9H2,1-4H3. The van der Waals surface area contributed by atoms with Crippen LogP contribution in [0.4, 0.5) is 0 Å². The van der Waals surface area contributed by atoms with Gasteiger partial charge in [-0.2, -0.15) is 0 Å². The fourth-order valence-corrected chi connectivity index (χ4v) is 3.65. The molecule has 0 fully saturated rings. The van der Waals surface area contributed by atoms with Crippen LogP contribution in [0.3, 0.4) is 0 Å². The summed E-state index contributed by atoms with van der Waals surface area (Å²) >= 11 is 1.98. The van der Waals surface area contributed by atoms with Gasteiger partial charge in [-0.1, -0.05) is 5.92 Å². The second-order valence-corrected chi connectivity index (χ2v) is 7.22. The lowest BCUT2D eigenvalue weighted by atomic mass is 9.97. The van der Waals surface area contributed by atoms with Crippen LogP contribution < -0.4 is 5.32 Å². The molecule has 0 radical (unpaired) electrons. The van der Waals surface area contributed by atoms with Gasteiger partial charge in [0.1, 0.15) is 0 Å². The highest BCUT2D eigenvalue weighted by atomic mass is 32.1. The topological polar surface area (TPSA) is 12.0 Å². The molecule has 1 N–H and O–H groups in total. The molecule has 0 spiro atoms. The summed E-state index contributed by atoms with van der Waals surface area (Å²) in [6.07, 6.45) is 4.81. The molecule has 2 rings (SSSR count). The van der Waals surface area contributed by atoms with Crippen molar-refractivity contribution in [2.45, 2.75) is 52.5 Å². The number of hydrogen-bond donors (Lipinski definition) is 1. The molecule has 1 heterocycles. The third-order valence-electron chi connectivity index (χ3n) is 3.23. The second-order valence-electron chi connectivity index (χ2n) is 6.05. The maximum Gasteiger partial charge on any atom is 0.0523 e. The van der Waals surface area contributed by atoms with Crippen molar-refractivity contribution < 1.29 is 0 Å². The molecule has 0 saturated heterocycles. The van der Waals surface area contributed by atoms with Crippen LogP contribution in [0.1, 0.15) is 55.0 Å². The highest BCUT2D eigenvalue weighted by Crippen LogP contribution is 2.34. The molecule has 0 saturated carbocycles. The lowest BCUT2D eigenvalue weighted by Crippen LogP contribution is -2.14. The molecule has 0 aromatic carbocycles. The predicted molar refractivity (Wildman–Crippen MR) is 80.0 cm³/mol. The summed E-state index contributed by atoms with van der Waals surface area (Å²) in [4.78, 5) is 3.07. The Bertz CT molecular complexity index is 446. The Morgan fingerprint density at radius 3 is 2.78 bits per heavy atom. The zero-order valence-corrected chi connectivity index (χ0v) is 12.7. The lowest BCUT2D eigenvalue weighted by Gasteiger charge is -2.12. The van der Waals surface area contributed by atoms with Gasteiger partial charge in [-0.05, 0) is 58.7 Å². The van der Waals surface area contributed by atoms with E-state index >= 15 is 0 Å². The normalized spacial score (nSPS) is 16.0. The van der Waals surface area contributed by atoms with Crippen molar-refractivity contribution >= 4 is 11.3 Å². The van der Waals surface area contributed by atoms with Crippen molar-refractivity contribution in [3.63, 3.8) is 0 Å². The molecule has 1 aromatic rings. The predicted octanol–water partition coefficient (Wildman–Crippen LogP) is 3.94. The zero-order chi connectivity index (χ0) is 13.2. The molecule has 1 nitrogen and oxygen atoms in total. The molecule has 1 aromatic heterocycles. The molecule has 2 heteroatoms. The van der Waals surface area contributed by atoms with E-state index in [1.807, 2.05) is 18.4 Å². The van der Waals surface area contributed by atoms with Crippen molar-refractivity contribution in [2.75, 3.05) is 7.05 Å². The van der Waals surface area contributed by atoms with Gasteiger partial charge in [-0.15, -0.1) is 17.3 Å².